The van der Waals surface area contributed by atoms with Crippen molar-refractivity contribution in [3.8, 4) is 0 Å². The van der Waals surface area contributed by atoms with E-state index in [-0.39, 0.29) is 12.2 Å². The number of halogens is 2. The zero-order valence-corrected chi connectivity index (χ0v) is 11.2. The predicted molar refractivity (Wildman–Crippen MR) is 68.6 cm³/mol. The topological polar surface area (TPSA) is 21.3 Å². The number of ether oxygens (including phenoxy) is 1. The lowest BCUT2D eigenvalue weighted by atomic mass is 10.0. The number of aryl methyl sites for hydroxylation is 1. The predicted octanol–water partition coefficient (Wildman–Crippen LogP) is 3.35. The lowest BCUT2D eigenvalue weighted by molar-refractivity contribution is 0.110. The largest absolute Gasteiger partial charge is 0.379 e. The minimum atomic E-state index is -0.524. The first-order valence-electron chi connectivity index (χ1n) is 6.37. The molecule has 0 aliphatic rings. The molecule has 0 saturated carbocycles. The fourth-order valence-corrected chi connectivity index (χ4v) is 1.83. The molecular formula is C14H21F2NO. The van der Waals surface area contributed by atoms with Gasteiger partial charge < -0.3 is 10.1 Å². The Kier molecular flexibility index (Phi) is 6.22. The summed E-state index contributed by atoms with van der Waals surface area (Å²) in [6, 6.07) is 2.31. The molecule has 0 radical (unpaired) electrons. The molecule has 0 aromatic heterocycles. The lowest BCUT2D eigenvalue weighted by Crippen LogP contribution is -2.27. The average Bonchev–Trinajstić information content (AvgIpc) is 2.35. The molecule has 4 heteroatoms. The van der Waals surface area contributed by atoms with E-state index in [0.717, 1.165) is 6.42 Å². The molecule has 18 heavy (non-hydrogen) atoms. The first-order valence-corrected chi connectivity index (χ1v) is 6.37. The van der Waals surface area contributed by atoms with E-state index in [4.69, 9.17) is 4.74 Å². The standard InChI is InChI=1S/C14H21F2NO/c1-4-8-18-9-12(17-5-2)13-11(15)7-6-10(3)14(13)16/h6-7,12,17H,4-5,8-9H2,1-3H3. The summed E-state index contributed by atoms with van der Waals surface area (Å²) in [4.78, 5) is 0. The monoisotopic (exact) mass is 257 g/mol. The zero-order chi connectivity index (χ0) is 13.5. The SMILES string of the molecule is CCCOCC(NCC)c1c(F)ccc(C)c1F. The van der Waals surface area contributed by atoms with E-state index in [2.05, 4.69) is 5.32 Å². The van der Waals surface area contributed by atoms with Crippen molar-refractivity contribution in [2.75, 3.05) is 19.8 Å². The second kappa shape index (κ2) is 7.44. The highest BCUT2D eigenvalue weighted by atomic mass is 19.1. The maximum atomic E-state index is 14.0. The number of hydrogen-bond acceptors (Lipinski definition) is 2. The second-order valence-electron chi connectivity index (χ2n) is 4.28. The van der Waals surface area contributed by atoms with Gasteiger partial charge in [0.2, 0.25) is 0 Å². The molecule has 1 aromatic rings. The van der Waals surface area contributed by atoms with Crippen LogP contribution in [0.1, 0.15) is 37.4 Å². The van der Waals surface area contributed by atoms with Crippen LogP contribution in [0, 0.1) is 18.6 Å². The Hall–Kier alpha value is -1.00. The molecule has 1 N–H and O–H groups in total. The molecule has 1 unspecified atom stereocenters. The first kappa shape index (κ1) is 15.1. The maximum absolute atomic E-state index is 14.0. The van der Waals surface area contributed by atoms with Crippen molar-refractivity contribution < 1.29 is 13.5 Å². The number of rotatable bonds is 7. The van der Waals surface area contributed by atoms with Crippen molar-refractivity contribution in [2.45, 2.75) is 33.2 Å². The van der Waals surface area contributed by atoms with Gasteiger partial charge >= 0.3 is 0 Å². The summed E-state index contributed by atoms with van der Waals surface area (Å²) in [5.74, 6) is -1.01. The van der Waals surface area contributed by atoms with E-state index in [1.807, 2.05) is 13.8 Å². The Bertz CT molecular complexity index is 382. The van der Waals surface area contributed by atoms with Crippen LogP contribution in [0.25, 0.3) is 0 Å². The summed E-state index contributed by atoms with van der Waals surface area (Å²) in [7, 11) is 0. The van der Waals surface area contributed by atoms with Crippen molar-refractivity contribution in [2.24, 2.45) is 0 Å². The van der Waals surface area contributed by atoms with Gasteiger partial charge in [0.15, 0.2) is 0 Å². The second-order valence-corrected chi connectivity index (χ2v) is 4.28. The van der Waals surface area contributed by atoms with Gasteiger partial charge in [-0.1, -0.05) is 19.9 Å². The average molecular weight is 257 g/mol. The number of hydrogen-bond donors (Lipinski definition) is 1. The molecular weight excluding hydrogens is 236 g/mol. The normalized spacial score (nSPS) is 12.7. The van der Waals surface area contributed by atoms with E-state index in [1.165, 1.54) is 12.1 Å². The third-order valence-corrected chi connectivity index (χ3v) is 2.75. The molecule has 0 aliphatic carbocycles. The molecule has 1 aromatic carbocycles. The van der Waals surface area contributed by atoms with Crippen LogP contribution in [0.4, 0.5) is 8.78 Å². The third-order valence-electron chi connectivity index (χ3n) is 2.75. The van der Waals surface area contributed by atoms with E-state index in [1.54, 1.807) is 6.92 Å². The Labute approximate surface area is 107 Å². The van der Waals surface area contributed by atoms with Gasteiger partial charge in [0.25, 0.3) is 0 Å². The molecule has 1 atom stereocenters. The molecule has 0 aliphatic heterocycles. The van der Waals surface area contributed by atoms with Gasteiger partial charge in [-0.15, -0.1) is 0 Å². The Morgan fingerprint density at radius 1 is 1.28 bits per heavy atom. The smallest absolute Gasteiger partial charge is 0.133 e. The quantitative estimate of drug-likeness (QED) is 0.756. The van der Waals surface area contributed by atoms with E-state index in [0.29, 0.717) is 18.7 Å². The molecule has 0 heterocycles. The Morgan fingerprint density at radius 3 is 2.61 bits per heavy atom. The van der Waals surface area contributed by atoms with Crippen LogP contribution in [-0.4, -0.2) is 19.8 Å². The van der Waals surface area contributed by atoms with Gasteiger partial charge in [0, 0.05) is 12.2 Å². The van der Waals surface area contributed by atoms with Crippen LogP contribution in [0.2, 0.25) is 0 Å². The minimum Gasteiger partial charge on any atom is -0.379 e. The molecule has 102 valence electrons. The van der Waals surface area contributed by atoms with Crippen molar-refractivity contribution >= 4 is 0 Å². The van der Waals surface area contributed by atoms with Crippen LogP contribution in [-0.2, 0) is 4.74 Å². The highest BCUT2D eigenvalue weighted by molar-refractivity contribution is 5.29. The van der Waals surface area contributed by atoms with Gasteiger partial charge in [-0.25, -0.2) is 8.78 Å². The molecule has 0 fully saturated rings. The summed E-state index contributed by atoms with van der Waals surface area (Å²) < 4.78 is 33.2. The van der Waals surface area contributed by atoms with Crippen LogP contribution in [0.15, 0.2) is 12.1 Å². The van der Waals surface area contributed by atoms with Crippen molar-refractivity contribution in [1.82, 2.24) is 5.32 Å². The number of likely N-dealkylation sites (N-methyl/N-ethyl adjacent to an activating group) is 1. The van der Waals surface area contributed by atoms with Gasteiger partial charge in [-0.3, -0.25) is 0 Å². The van der Waals surface area contributed by atoms with Crippen molar-refractivity contribution in [3.63, 3.8) is 0 Å². The van der Waals surface area contributed by atoms with E-state index in [9.17, 15) is 8.78 Å². The zero-order valence-electron chi connectivity index (χ0n) is 11.2. The lowest BCUT2D eigenvalue weighted by Gasteiger charge is -2.20. The van der Waals surface area contributed by atoms with Crippen LogP contribution in [0.3, 0.4) is 0 Å². The Morgan fingerprint density at radius 2 is 2.00 bits per heavy atom. The summed E-state index contributed by atoms with van der Waals surface area (Å²) in [5, 5.41) is 3.06. The number of benzene rings is 1. The Balaban J connectivity index is 2.93. The molecule has 0 saturated heterocycles. The summed E-state index contributed by atoms with van der Waals surface area (Å²) >= 11 is 0. The minimum absolute atomic E-state index is 0.0768. The molecule has 0 amide bonds. The molecule has 0 spiro atoms. The van der Waals surface area contributed by atoms with Gasteiger partial charge in [-0.2, -0.15) is 0 Å². The number of nitrogens with one attached hydrogen (secondary N) is 1. The summed E-state index contributed by atoms with van der Waals surface area (Å²) in [6.07, 6.45) is 0.887. The van der Waals surface area contributed by atoms with Crippen LogP contribution >= 0.6 is 0 Å². The van der Waals surface area contributed by atoms with Crippen LogP contribution in [0.5, 0.6) is 0 Å². The molecule has 0 bridgehead atoms. The van der Waals surface area contributed by atoms with E-state index < -0.39 is 17.7 Å². The summed E-state index contributed by atoms with van der Waals surface area (Å²) in [5.41, 5.74) is 0.526. The highest BCUT2D eigenvalue weighted by Gasteiger charge is 2.20. The molecule has 2 nitrogen and oxygen atoms in total. The van der Waals surface area contributed by atoms with E-state index >= 15 is 0 Å². The van der Waals surface area contributed by atoms with Crippen molar-refractivity contribution in [3.05, 3.63) is 34.9 Å². The van der Waals surface area contributed by atoms with Gasteiger partial charge in [-0.05, 0) is 31.5 Å². The van der Waals surface area contributed by atoms with Crippen molar-refractivity contribution in [1.29, 1.82) is 0 Å². The fraction of sp³-hybridized carbons (Fsp3) is 0.571. The maximum Gasteiger partial charge on any atom is 0.133 e. The van der Waals surface area contributed by atoms with Gasteiger partial charge in [0.1, 0.15) is 11.6 Å². The molecule has 1 rings (SSSR count). The summed E-state index contributed by atoms with van der Waals surface area (Å²) in [6.45, 7) is 7.03. The van der Waals surface area contributed by atoms with Gasteiger partial charge in [0.05, 0.1) is 12.6 Å². The first-order chi connectivity index (χ1) is 8.61. The highest BCUT2D eigenvalue weighted by Crippen LogP contribution is 2.23. The fourth-order valence-electron chi connectivity index (χ4n) is 1.83. The third kappa shape index (κ3) is 3.75. The van der Waals surface area contributed by atoms with Crippen LogP contribution < -0.4 is 5.32 Å².